The van der Waals surface area contributed by atoms with E-state index in [0.717, 1.165) is 22.5 Å². The molecule has 0 atom stereocenters. The number of fused-ring (bicyclic) bond motifs is 4. The lowest BCUT2D eigenvalue weighted by atomic mass is 10.2. The lowest BCUT2D eigenvalue weighted by molar-refractivity contribution is 0.415. The molecule has 0 aliphatic rings. The molecule has 0 N–H and O–H groups in total. The largest absolute Gasteiger partial charge is 0.497 e. The van der Waals surface area contributed by atoms with Crippen LogP contribution in [0, 0.1) is 0 Å². The fraction of sp³-hybridized carbons (Fsp3) is 0.0455. The molecular weight excluding hydrogens is 308 g/mol. The molecule has 0 saturated heterocycles. The second-order valence-electron chi connectivity index (χ2n) is 6.10. The minimum Gasteiger partial charge on any atom is -0.497 e. The van der Waals surface area contributed by atoms with Gasteiger partial charge in [0.15, 0.2) is 0 Å². The van der Waals surface area contributed by atoms with E-state index in [1.165, 1.54) is 21.8 Å². The summed E-state index contributed by atoms with van der Waals surface area (Å²) in [6, 6.07) is 27.1. The molecule has 120 valence electrons. The Bertz CT molecular complexity index is 1180. The van der Waals surface area contributed by atoms with Crippen LogP contribution in [-0.4, -0.2) is 16.7 Å². The Kier molecular flexibility index (Phi) is 3.01. The minimum absolute atomic E-state index is 0.846. The average molecular weight is 324 g/mol. The summed E-state index contributed by atoms with van der Waals surface area (Å²) in [4.78, 5) is 4.90. The van der Waals surface area contributed by atoms with Gasteiger partial charge < -0.3 is 4.74 Å². The minimum atomic E-state index is 0.846. The molecule has 2 heterocycles. The Morgan fingerprint density at radius 3 is 2.12 bits per heavy atom. The summed E-state index contributed by atoms with van der Waals surface area (Å²) in [7, 11) is 1.68. The summed E-state index contributed by atoms with van der Waals surface area (Å²) in [6.45, 7) is 0. The van der Waals surface area contributed by atoms with Crippen molar-refractivity contribution in [2.75, 3.05) is 7.11 Å². The summed E-state index contributed by atoms with van der Waals surface area (Å²) in [5, 5.41) is 3.56. The predicted molar refractivity (Wildman–Crippen MR) is 103 cm³/mol. The van der Waals surface area contributed by atoms with Gasteiger partial charge in [0.1, 0.15) is 11.6 Å². The zero-order chi connectivity index (χ0) is 16.8. The molecule has 0 bridgehead atoms. The Morgan fingerprint density at radius 2 is 1.44 bits per heavy atom. The number of para-hydroxylation sites is 2. The molecule has 0 radical (unpaired) electrons. The van der Waals surface area contributed by atoms with Crippen LogP contribution < -0.4 is 4.74 Å². The number of hydrogen-bond donors (Lipinski definition) is 0. The molecule has 0 aliphatic heterocycles. The van der Waals surface area contributed by atoms with Gasteiger partial charge in [0, 0.05) is 16.2 Å². The second kappa shape index (κ2) is 5.35. The van der Waals surface area contributed by atoms with Crippen LogP contribution >= 0.6 is 0 Å². The molecule has 5 aromatic rings. The number of aromatic nitrogens is 2. The van der Waals surface area contributed by atoms with Crippen molar-refractivity contribution < 1.29 is 4.74 Å². The number of ether oxygens (including phenoxy) is 1. The number of rotatable bonds is 2. The van der Waals surface area contributed by atoms with Crippen molar-refractivity contribution in [3.63, 3.8) is 0 Å². The van der Waals surface area contributed by atoms with Gasteiger partial charge >= 0.3 is 0 Å². The standard InChI is InChI=1S/C22H16N2O/c1-25-16-11-12-19-15(14-16)10-13-22(23-19)24-20-8-4-2-6-17(20)18-7-3-5-9-21(18)24/h2-14H,1H3. The molecule has 3 nitrogen and oxygen atoms in total. The van der Waals surface area contributed by atoms with E-state index < -0.39 is 0 Å². The third-order valence-electron chi connectivity index (χ3n) is 4.69. The van der Waals surface area contributed by atoms with E-state index in [1.54, 1.807) is 7.11 Å². The first-order valence-electron chi connectivity index (χ1n) is 8.28. The van der Waals surface area contributed by atoms with Crippen molar-refractivity contribution in [2.24, 2.45) is 0 Å². The van der Waals surface area contributed by atoms with Gasteiger partial charge in [-0.3, -0.25) is 4.57 Å². The normalized spacial score (nSPS) is 11.4. The van der Waals surface area contributed by atoms with E-state index in [4.69, 9.17) is 9.72 Å². The number of pyridine rings is 1. The van der Waals surface area contributed by atoms with Crippen molar-refractivity contribution >= 4 is 32.7 Å². The van der Waals surface area contributed by atoms with Gasteiger partial charge in [-0.2, -0.15) is 0 Å². The third-order valence-corrected chi connectivity index (χ3v) is 4.69. The highest BCUT2D eigenvalue weighted by Gasteiger charge is 2.12. The Balaban J connectivity index is 1.84. The van der Waals surface area contributed by atoms with E-state index in [1.807, 2.05) is 18.2 Å². The molecule has 5 rings (SSSR count). The summed E-state index contributed by atoms with van der Waals surface area (Å²) in [5.41, 5.74) is 3.30. The van der Waals surface area contributed by atoms with Gasteiger partial charge in [0.2, 0.25) is 0 Å². The molecule has 2 aromatic heterocycles. The number of nitrogens with zero attached hydrogens (tertiary/aromatic N) is 2. The van der Waals surface area contributed by atoms with Gasteiger partial charge in [-0.25, -0.2) is 4.98 Å². The molecule has 0 unspecified atom stereocenters. The first kappa shape index (κ1) is 14.1. The van der Waals surface area contributed by atoms with E-state index in [0.29, 0.717) is 0 Å². The van der Waals surface area contributed by atoms with Gasteiger partial charge in [-0.15, -0.1) is 0 Å². The van der Waals surface area contributed by atoms with Crippen LogP contribution in [0.15, 0.2) is 78.9 Å². The van der Waals surface area contributed by atoms with Crippen LogP contribution in [-0.2, 0) is 0 Å². The highest BCUT2D eigenvalue weighted by molar-refractivity contribution is 6.09. The molecule has 0 fully saturated rings. The molecule has 0 saturated carbocycles. The van der Waals surface area contributed by atoms with Crippen molar-refractivity contribution in [3.8, 4) is 11.6 Å². The van der Waals surface area contributed by atoms with Gasteiger partial charge in [-0.1, -0.05) is 36.4 Å². The highest BCUT2D eigenvalue weighted by atomic mass is 16.5. The van der Waals surface area contributed by atoms with Crippen LogP contribution in [0.25, 0.3) is 38.5 Å². The topological polar surface area (TPSA) is 27.1 Å². The highest BCUT2D eigenvalue weighted by Crippen LogP contribution is 2.31. The van der Waals surface area contributed by atoms with E-state index >= 15 is 0 Å². The number of benzene rings is 3. The zero-order valence-electron chi connectivity index (χ0n) is 13.8. The Morgan fingerprint density at radius 1 is 0.760 bits per heavy atom. The predicted octanol–water partition coefficient (Wildman–Crippen LogP) is 5.34. The molecule has 3 heteroatoms. The zero-order valence-corrected chi connectivity index (χ0v) is 13.8. The Labute approximate surface area is 145 Å². The first-order chi connectivity index (χ1) is 12.3. The summed E-state index contributed by atoms with van der Waals surface area (Å²) >= 11 is 0. The smallest absolute Gasteiger partial charge is 0.138 e. The van der Waals surface area contributed by atoms with Gasteiger partial charge in [0.25, 0.3) is 0 Å². The maximum absolute atomic E-state index is 5.31. The fourth-order valence-corrected chi connectivity index (χ4v) is 3.51. The molecule has 25 heavy (non-hydrogen) atoms. The van der Waals surface area contributed by atoms with Crippen LogP contribution in [0.1, 0.15) is 0 Å². The Hall–Kier alpha value is -3.33. The molecule has 0 spiro atoms. The summed E-state index contributed by atoms with van der Waals surface area (Å²) in [6.07, 6.45) is 0. The van der Waals surface area contributed by atoms with E-state index in [2.05, 4.69) is 65.2 Å². The van der Waals surface area contributed by atoms with Crippen molar-refractivity contribution in [2.45, 2.75) is 0 Å². The second-order valence-corrected chi connectivity index (χ2v) is 6.10. The number of methoxy groups -OCH3 is 1. The molecule has 0 amide bonds. The average Bonchev–Trinajstić information content (AvgIpc) is 3.02. The van der Waals surface area contributed by atoms with Crippen molar-refractivity contribution in [1.82, 2.24) is 9.55 Å². The summed E-state index contributed by atoms with van der Waals surface area (Å²) < 4.78 is 7.54. The third kappa shape index (κ3) is 2.09. The van der Waals surface area contributed by atoms with Crippen LogP contribution in [0.2, 0.25) is 0 Å². The number of hydrogen-bond acceptors (Lipinski definition) is 2. The fourth-order valence-electron chi connectivity index (χ4n) is 3.51. The maximum atomic E-state index is 5.31. The molecular formula is C22H16N2O. The SMILES string of the molecule is COc1ccc2nc(-n3c4ccccc4c4ccccc43)ccc2c1. The van der Waals surface area contributed by atoms with E-state index in [9.17, 15) is 0 Å². The van der Waals surface area contributed by atoms with Crippen molar-refractivity contribution in [1.29, 1.82) is 0 Å². The summed E-state index contributed by atoms with van der Waals surface area (Å²) in [5.74, 6) is 1.77. The van der Waals surface area contributed by atoms with Crippen LogP contribution in [0.4, 0.5) is 0 Å². The van der Waals surface area contributed by atoms with E-state index in [-0.39, 0.29) is 0 Å². The molecule has 0 aliphatic carbocycles. The first-order valence-corrected chi connectivity index (χ1v) is 8.28. The maximum Gasteiger partial charge on any atom is 0.138 e. The van der Waals surface area contributed by atoms with Crippen LogP contribution in [0.5, 0.6) is 5.75 Å². The molecule has 3 aromatic carbocycles. The quantitative estimate of drug-likeness (QED) is 0.438. The van der Waals surface area contributed by atoms with Crippen molar-refractivity contribution in [3.05, 3.63) is 78.9 Å². The lowest BCUT2D eigenvalue weighted by Crippen LogP contribution is -1.97. The lowest BCUT2D eigenvalue weighted by Gasteiger charge is -2.09. The van der Waals surface area contributed by atoms with Gasteiger partial charge in [-0.05, 0) is 42.5 Å². The monoisotopic (exact) mass is 324 g/mol. The van der Waals surface area contributed by atoms with Crippen LogP contribution in [0.3, 0.4) is 0 Å². The van der Waals surface area contributed by atoms with Gasteiger partial charge in [0.05, 0.1) is 23.7 Å².